The molecule has 6 nitrogen and oxygen atoms in total. The number of aromatic nitrogens is 2. The van der Waals surface area contributed by atoms with Crippen LogP contribution < -0.4 is 0 Å². The number of likely N-dealkylation sites (N-methyl/N-ethyl adjacent to an activating group) is 1. The molecule has 2 saturated heterocycles. The van der Waals surface area contributed by atoms with E-state index >= 15 is 0 Å². The number of fused-ring (bicyclic) bond motifs is 3. The third kappa shape index (κ3) is 5.49. The van der Waals surface area contributed by atoms with Crippen LogP contribution in [0.5, 0.6) is 0 Å². The average molecular weight is 594 g/mol. The lowest BCUT2D eigenvalue weighted by Crippen LogP contribution is -2.60. The van der Waals surface area contributed by atoms with Crippen LogP contribution in [0, 0.1) is 0 Å². The number of aliphatic imine (C=N–C) groups is 1. The van der Waals surface area contributed by atoms with Crippen molar-refractivity contribution in [3.63, 3.8) is 0 Å². The molecular weight excluding hydrogens is 568 g/mol. The smallest absolute Gasteiger partial charge is 0.342 e. The molecule has 3 aromatic rings. The Morgan fingerprint density at radius 1 is 1.00 bits per heavy atom. The van der Waals surface area contributed by atoms with Crippen LogP contribution in [0.25, 0.3) is 17.0 Å². The van der Waals surface area contributed by atoms with Crippen molar-refractivity contribution < 1.29 is 31.1 Å². The Hall–Kier alpha value is -3.32. The second kappa shape index (κ2) is 10.2. The number of piperidine rings is 1. The predicted octanol–water partition coefficient (Wildman–Crippen LogP) is 6.26. The minimum absolute atomic E-state index is 0.132. The molecule has 3 aliphatic rings. The Labute approximate surface area is 235 Å². The summed E-state index contributed by atoms with van der Waals surface area (Å²) in [6.07, 6.45) is -3.35. The van der Waals surface area contributed by atoms with E-state index in [4.69, 9.17) is 0 Å². The number of rotatable bonds is 3. The van der Waals surface area contributed by atoms with E-state index in [9.17, 15) is 31.1 Å². The van der Waals surface area contributed by atoms with E-state index < -0.39 is 23.5 Å². The van der Waals surface area contributed by atoms with E-state index in [0.29, 0.717) is 39.5 Å². The molecule has 216 valence electrons. The Morgan fingerprint density at radius 2 is 1.73 bits per heavy atom. The Kier molecular flexibility index (Phi) is 6.92. The first kappa shape index (κ1) is 27.8. The van der Waals surface area contributed by atoms with Crippen LogP contribution in [0.4, 0.5) is 26.3 Å². The Balaban J connectivity index is 1.23. The van der Waals surface area contributed by atoms with Gasteiger partial charge in [0, 0.05) is 30.6 Å². The van der Waals surface area contributed by atoms with E-state index in [1.807, 2.05) is 0 Å². The lowest BCUT2D eigenvalue weighted by Gasteiger charge is -2.49. The summed E-state index contributed by atoms with van der Waals surface area (Å²) in [4.78, 5) is 22.3. The Morgan fingerprint density at radius 3 is 2.41 bits per heavy atom. The molecule has 2 aromatic carbocycles. The summed E-state index contributed by atoms with van der Waals surface area (Å²) in [5.41, 5.74) is -1.83. The molecule has 41 heavy (non-hydrogen) atoms. The van der Waals surface area contributed by atoms with Crippen LogP contribution in [-0.4, -0.2) is 62.9 Å². The number of nitrogens with zero attached hydrogens (tertiary/aromatic N) is 5. The van der Waals surface area contributed by atoms with Gasteiger partial charge in [0.2, 0.25) is 0 Å². The van der Waals surface area contributed by atoms with Crippen molar-refractivity contribution in [1.29, 1.82) is 0 Å². The first-order chi connectivity index (χ1) is 19.4. The largest absolute Gasteiger partial charge is 0.416 e. The predicted molar refractivity (Wildman–Crippen MR) is 144 cm³/mol. The van der Waals surface area contributed by atoms with Crippen LogP contribution in [0.2, 0.25) is 0 Å². The van der Waals surface area contributed by atoms with Crippen molar-refractivity contribution in [2.75, 3.05) is 20.1 Å². The number of alkyl halides is 6. The lowest BCUT2D eigenvalue weighted by molar-refractivity contribution is -0.143. The summed E-state index contributed by atoms with van der Waals surface area (Å²) in [5, 5.41) is 5.53. The molecule has 0 spiro atoms. The highest BCUT2D eigenvalue weighted by Gasteiger charge is 2.41. The summed E-state index contributed by atoms with van der Waals surface area (Å²) in [5.74, 6) is -0.306. The first-order valence-corrected chi connectivity index (χ1v) is 13.9. The highest BCUT2D eigenvalue weighted by atomic mass is 32.2. The van der Waals surface area contributed by atoms with Gasteiger partial charge in [-0.2, -0.15) is 36.4 Å². The quantitative estimate of drug-likeness (QED) is 0.265. The summed E-state index contributed by atoms with van der Waals surface area (Å²) in [6.45, 7) is 1.50. The van der Waals surface area contributed by atoms with Gasteiger partial charge in [-0.05, 0) is 79.5 Å². The number of hydrogen-bond acceptors (Lipinski definition) is 5. The van der Waals surface area contributed by atoms with E-state index in [1.165, 1.54) is 29.1 Å². The zero-order valence-corrected chi connectivity index (χ0v) is 22.7. The molecule has 6 rings (SSSR count). The van der Waals surface area contributed by atoms with Gasteiger partial charge in [-0.15, -0.1) is 0 Å². The molecule has 0 radical (unpaired) electrons. The maximum Gasteiger partial charge on any atom is 0.416 e. The van der Waals surface area contributed by atoms with Gasteiger partial charge in [0.1, 0.15) is 0 Å². The molecule has 2 bridgehead atoms. The monoisotopic (exact) mass is 593 g/mol. The van der Waals surface area contributed by atoms with E-state index in [1.54, 1.807) is 24.3 Å². The highest BCUT2D eigenvalue weighted by Crippen LogP contribution is 2.39. The summed E-state index contributed by atoms with van der Waals surface area (Å²) in [7, 11) is 2.11. The van der Waals surface area contributed by atoms with Crippen LogP contribution in [0.1, 0.15) is 41.5 Å². The van der Waals surface area contributed by atoms with Gasteiger partial charge in [0.15, 0.2) is 5.17 Å². The number of hydrogen-bond donors (Lipinski definition) is 0. The summed E-state index contributed by atoms with van der Waals surface area (Å²) >= 11 is 1.36. The molecular formula is C28H25F6N5OS. The van der Waals surface area contributed by atoms with Crippen molar-refractivity contribution in [3.05, 3.63) is 69.8 Å². The molecule has 13 heteroatoms. The average Bonchev–Trinajstić information content (AvgIpc) is 3.45. The molecule has 0 aliphatic carbocycles. The molecule has 0 N–H and O–H groups in total. The third-order valence-electron chi connectivity index (χ3n) is 7.76. The van der Waals surface area contributed by atoms with Crippen LogP contribution in [-0.2, 0) is 23.7 Å². The maximum atomic E-state index is 13.6. The van der Waals surface area contributed by atoms with Crippen LogP contribution in [0.3, 0.4) is 0 Å². The molecule has 0 saturated carbocycles. The van der Waals surface area contributed by atoms with Gasteiger partial charge in [-0.1, -0.05) is 12.1 Å². The third-order valence-corrected chi connectivity index (χ3v) is 8.76. The minimum atomic E-state index is -4.96. The normalized spacial score (nSPS) is 23.1. The molecule has 1 aromatic heterocycles. The van der Waals surface area contributed by atoms with Gasteiger partial charge in [-0.25, -0.2) is 0 Å². The lowest BCUT2D eigenvalue weighted by atomic mass is 9.92. The number of halogens is 6. The van der Waals surface area contributed by atoms with Gasteiger partial charge in [0.05, 0.1) is 34.3 Å². The summed E-state index contributed by atoms with van der Waals surface area (Å²) in [6, 6.07) is 7.43. The number of piperazine rings is 1. The fourth-order valence-corrected chi connectivity index (χ4v) is 6.98. The molecule has 2 atom stereocenters. The SMILES string of the molecule is CN1CC2CCCC(C1)N2C1=NC(=O)C(=Cc2ccc3c(cnn3Cc3ccc(C(F)(F)F)cc3C(F)(F)F)c2)S1. The van der Waals surface area contributed by atoms with Crippen LogP contribution >= 0.6 is 11.8 Å². The molecule has 4 heterocycles. The number of amides is 1. The maximum absolute atomic E-state index is 13.6. The van der Waals surface area contributed by atoms with Gasteiger partial charge in [0.25, 0.3) is 5.91 Å². The minimum Gasteiger partial charge on any atom is -0.342 e. The number of carbonyl (C=O) groups is 1. The number of benzene rings is 2. The second-order valence-electron chi connectivity index (χ2n) is 10.7. The fraction of sp³-hybridized carbons (Fsp3) is 0.393. The van der Waals surface area contributed by atoms with Gasteiger partial charge in [-0.3, -0.25) is 9.48 Å². The molecule has 2 unspecified atom stereocenters. The van der Waals surface area contributed by atoms with E-state index in [0.717, 1.165) is 37.2 Å². The van der Waals surface area contributed by atoms with Crippen molar-refractivity contribution in [1.82, 2.24) is 19.6 Å². The molecule has 1 amide bonds. The zero-order chi connectivity index (χ0) is 29.1. The van der Waals surface area contributed by atoms with Crippen molar-refractivity contribution in [2.24, 2.45) is 4.99 Å². The zero-order valence-electron chi connectivity index (χ0n) is 21.8. The van der Waals surface area contributed by atoms with Crippen molar-refractivity contribution in [3.8, 4) is 0 Å². The summed E-state index contributed by atoms with van der Waals surface area (Å²) < 4.78 is 81.3. The number of thioether (sulfide) groups is 1. The standard InChI is InChI=1S/C28H25F6N5OS/c1-37-14-20-3-2-4-21(15-37)39(20)26-36-25(40)24(41-26)10-16-5-8-23-18(9-16)12-35-38(23)13-17-6-7-19(27(29,30)31)11-22(17)28(32,33)34/h5-12,20-21H,2-4,13-15H2,1H3. The van der Waals surface area contributed by atoms with Crippen molar-refractivity contribution in [2.45, 2.75) is 50.2 Å². The van der Waals surface area contributed by atoms with Crippen LogP contribution in [0.15, 0.2) is 52.5 Å². The topological polar surface area (TPSA) is 53.7 Å². The Bertz CT molecular complexity index is 1560. The van der Waals surface area contributed by atoms with E-state index in [2.05, 4.69) is 26.9 Å². The first-order valence-electron chi connectivity index (χ1n) is 13.1. The number of amidine groups is 1. The molecule has 2 fully saturated rings. The number of likely N-dealkylation sites (tertiary alicyclic amines) is 1. The molecule has 3 aliphatic heterocycles. The number of carbonyl (C=O) groups excluding carboxylic acids is 1. The van der Waals surface area contributed by atoms with Gasteiger partial charge >= 0.3 is 12.4 Å². The van der Waals surface area contributed by atoms with Gasteiger partial charge < -0.3 is 9.80 Å². The van der Waals surface area contributed by atoms with Crippen molar-refractivity contribution >= 4 is 39.8 Å². The fourth-order valence-electron chi connectivity index (χ4n) is 5.93. The van der Waals surface area contributed by atoms with E-state index in [-0.39, 0.29) is 24.1 Å². The highest BCUT2D eigenvalue weighted by molar-refractivity contribution is 8.18. The second-order valence-corrected chi connectivity index (χ2v) is 11.7.